The summed E-state index contributed by atoms with van der Waals surface area (Å²) in [5.41, 5.74) is 3.36. The van der Waals surface area contributed by atoms with Crippen molar-refractivity contribution in [2.24, 2.45) is 0 Å². The highest BCUT2D eigenvalue weighted by Gasteiger charge is 2.33. The van der Waals surface area contributed by atoms with Crippen LogP contribution in [0.1, 0.15) is 13.8 Å². The van der Waals surface area contributed by atoms with Gasteiger partial charge in [0.05, 0.1) is 34.8 Å². The predicted molar refractivity (Wildman–Crippen MR) is 101 cm³/mol. The van der Waals surface area contributed by atoms with Crippen molar-refractivity contribution in [2.75, 3.05) is 16.3 Å². The zero-order chi connectivity index (χ0) is 18.3. The Morgan fingerprint density at radius 1 is 1.08 bits per heavy atom. The molecular weight excluding hydrogens is 328 g/mol. The number of hydrogen-bond donors (Lipinski definition) is 0. The van der Waals surface area contributed by atoms with Gasteiger partial charge in [0.25, 0.3) is 0 Å². The van der Waals surface area contributed by atoms with Gasteiger partial charge in [0.15, 0.2) is 0 Å². The molecule has 0 spiro atoms. The van der Waals surface area contributed by atoms with Crippen molar-refractivity contribution < 1.29 is 9.59 Å². The Hall–Kier alpha value is -3.15. The lowest BCUT2D eigenvalue weighted by Crippen LogP contribution is -2.52. The van der Waals surface area contributed by atoms with E-state index < -0.39 is 0 Å². The maximum atomic E-state index is 13.1. The Kier molecular flexibility index (Phi) is 3.95. The molecule has 0 saturated heterocycles. The second-order valence-electron chi connectivity index (χ2n) is 6.59. The summed E-state index contributed by atoms with van der Waals surface area (Å²) in [6.45, 7) is 4.20. The number of anilines is 2. The van der Waals surface area contributed by atoms with Crippen LogP contribution in [0.3, 0.4) is 0 Å². The molecule has 0 fully saturated rings. The van der Waals surface area contributed by atoms with Gasteiger partial charge in [-0.15, -0.1) is 0 Å². The Morgan fingerprint density at radius 3 is 2.54 bits per heavy atom. The molecule has 26 heavy (non-hydrogen) atoms. The molecule has 1 aliphatic heterocycles. The molecular formula is C20H20N4O2. The van der Waals surface area contributed by atoms with E-state index in [0.717, 1.165) is 22.4 Å². The Bertz CT molecular complexity index is 994. The largest absolute Gasteiger partial charge is 0.321 e. The van der Waals surface area contributed by atoms with Gasteiger partial charge in [-0.2, -0.15) is 0 Å². The summed E-state index contributed by atoms with van der Waals surface area (Å²) in [5.74, 6) is -0.0340. The molecule has 0 aliphatic carbocycles. The predicted octanol–water partition coefficient (Wildman–Crippen LogP) is 2.82. The van der Waals surface area contributed by atoms with Gasteiger partial charge in [-0.1, -0.05) is 24.3 Å². The summed E-state index contributed by atoms with van der Waals surface area (Å²) >= 11 is 0. The first-order chi connectivity index (χ1) is 12.6. The van der Waals surface area contributed by atoms with E-state index in [0.29, 0.717) is 6.54 Å². The second kappa shape index (κ2) is 6.29. The fraction of sp³-hybridized carbons (Fsp3) is 0.250. The van der Waals surface area contributed by atoms with Crippen LogP contribution in [0.5, 0.6) is 0 Å². The second-order valence-corrected chi connectivity index (χ2v) is 6.59. The monoisotopic (exact) mass is 348 g/mol. The SMILES string of the molecule is CC(=O)N1c2ccccc2N(C(=O)Cn2cnc3ccccc32)C[C@@H]1C. The number of aromatic nitrogens is 2. The third-order valence-corrected chi connectivity index (χ3v) is 4.79. The van der Waals surface area contributed by atoms with Gasteiger partial charge >= 0.3 is 0 Å². The molecule has 3 aromatic rings. The van der Waals surface area contributed by atoms with Gasteiger partial charge < -0.3 is 14.4 Å². The van der Waals surface area contributed by atoms with Crippen LogP contribution in [0.2, 0.25) is 0 Å². The number of benzene rings is 2. The molecule has 1 aliphatic rings. The summed E-state index contributed by atoms with van der Waals surface area (Å²) in [6, 6.07) is 15.2. The number of imidazole rings is 1. The van der Waals surface area contributed by atoms with Crippen LogP contribution in [-0.2, 0) is 16.1 Å². The molecule has 0 N–H and O–H groups in total. The molecule has 1 atom stereocenters. The van der Waals surface area contributed by atoms with E-state index in [1.165, 1.54) is 0 Å². The number of nitrogens with zero attached hydrogens (tertiary/aromatic N) is 4. The minimum atomic E-state index is -0.0779. The molecule has 0 radical (unpaired) electrons. The first-order valence-electron chi connectivity index (χ1n) is 8.65. The lowest BCUT2D eigenvalue weighted by atomic mass is 10.1. The third kappa shape index (κ3) is 2.63. The number of para-hydroxylation sites is 4. The van der Waals surface area contributed by atoms with Crippen molar-refractivity contribution in [3.05, 3.63) is 54.9 Å². The van der Waals surface area contributed by atoms with Crippen LogP contribution in [0, 0.1) is 0 Å². The minimum Gasteiger partial charge on any atom is -0.321 e. The Morgan fingerprint density at radius 2 is 1.77 bits per heavy atom. The van der Waals surface area contributed by atoms with Gasteiger partial charge in [0, 0.05) is 13.5 Å². The molecule has 4 rings (SSSR count). The lowest BCUT2D eigenvalue weighted by Gasteiger charge is -2.40. The summed E-state index contributed by atoms with van der Waals surface area (Å²) in [6.07, 6.45) is 1.70. The van der Waals surface area contributed by atoms with Gasteiger partial charge in [-0.25, -0.2) is 4.98 Å². The number of fused-ring (bicyclic) bond motifs is 2. The van der Waals surface area contributed by atoms with Gasteiger partial charge in [-0.05, 0) is 31.2 Å². The molecule has 1 aromatic heterocycles. The summed E-state index contributed by atoms with van der Waals surface area (Å²) < 4.78 is 1.86. The average Bonchev–Trinajstić information content (AvgIpc) is 3.03. The molecule has 0 saturated carbocycles. The maximum Gasteiger partial charge on any atom is 0.247 e. The number of amides is 2. The van der Waals surface area contributed by atoms with Crippen molar-refractivity contribution >= 4 is 34.2 Å². The third-order valence-electron chi connectivity index (χ3n) is 4.79. The summed E-state index contributed by atoms with van der Waals surface area (Å²) in [4.78, 5) is 33.0. The molecule has 0 bridgehead atoms. The van der Waals surface area contributed by atoms with Crippen LogP contribution in [0.25, 0.3) is 11.0 Å². The van der Waals surface area contributed by atoms with E-state index in [2.05, 4.69) is 4.98 Å². The fourth-order valence-corrected chi connectivity index (χ4v) is 3.66. The van der Waals surface area contributed by atoms with E-state index in [1.807, 2.05) is 60.0 Å². The van der Waals surface area contributed by atoms with Crippen molar-refractivity contribution in [1.82, 2.24) is 9.55 Å². The Balaban J connectivity index is 1.68. The summed E-state index contributed by atoms with van der Waals surface area (Å²) in [7, 11) is 0. The maximum absolute atomic E-state index is 13.1. The molecule has 6 heteroatoms. The van der Waals surface area contributed by atoms with Gasteiger partial charge in [-0.3, -0.25) is 9.59 Å². The number of hydrogen-bond acceptors (Lipinski definition) is 3. The van der Waals surface area contributed by atoms with Crippen LogP contribution >= 0.6 is 0 Å². The van der Waals surface area contributed by atoms with Crippen molar-refractivity contribution in [2.45, 2.75) is 26.4 Å². The number of carbonyl (C=O) groups is 2. The first kappa shape index (κ1) is 16.3. The van der Waals surface area contributed by atoms with Crippen LogP contribution in [0.4, 0.5) is 11.4 Å². The number of rotatable bonds is 2. The van der Waals surface area contributed by atoms with Crippen LogP contribution in [-0.4, -0.2) is 34.0 Å². The van der Waals surface area contributed by atoms with Crippen molar-refractivity contribution in [1.29, 1.82) is 0 Å². The topological polar surface area (TPSA) is 58.4 Å². The zero-order valence-electron chi connectivity index (χ0n) is 14.8. The van der Waals surface area contributed by atoms with Crippen LogP contribution in [0.15, 0.2) is 54.9 Å². The van der Waals surface area contributed by atoms with Gasteiger partial charge in [0.2, 0.25) is 11.8 Å². The molecule has 2 aromatic carbocycles. The Labute approximate surface area is 151 Å². The quantitative estimate of drug-likeness (QED) is 0.715. The summed E-state index contributed by atoms with van der Waals surface area (Å²) in [5, 5.41) is 0. The number of carbonyl (C=O) groups excluding carboxylic acids is 2. The first-order valence-corrected chi connectivity index (χ1v) is 8.65. The van der Waals surface area contributed by atoms with Crippen molar-refractivity contribution in [3.63, 3.8) is 0 Å². The van der Waals surface area contributed by atoms with E-state index >= 15 is 0 Å². The van der Waals surface area contributed by atoms with Gasteiger partial charge in [0.1, 0.15) is 6.54 Å². The van der Waals surface area contributed by atoms with E-state index in [1.54, 1.807) is 23.1 Å². The standard InChI is InChI=1S/C20H20N4O2/c1-14-11-23(18-9-5-6-10-19(18)24(14)15(2)25)20(26)12-22-13-21-16-7-3-4-8-17(16)22/h3-10,13-14H,11-12H2,1-2H3/t14-/m0/s1. The molecule has 6 nitrogen and oxygen atoms in total. The molecule has 0 unspecified atom stereocenters. The van der Waals surface area contributed by atoms with E-state index in [-0.39, 0.29) is 24.4 Å². The van der Waals surface area contributed by atoms with Crippen LogP contribution < -0.4 is 9.80 Å². The molecule has 132 valence electrons. The minimum absolute atomic E-state index is 0.0161. The molecule has 2 heterocycles. The van der Waals surface area contributed by atoms with E-state index in [9.17, 15) is 9.59 Å². The molecule has 2 amide bonds. The smallest absolute Gasteiger partial charge is 0.247 e. The highest BCUT2D eigenvalue weighted by Crippen LogP contribution is 2.35. The normalized spacial score (nSPS) is 16.6. The van der Waals surface area contributed by atoms with Crippen molar-refractivity contribution in [3.8, 4) is 0 Å². The highest BCUT2D eigenvalue weighted by atomic mass is 16.2. The highest BCUT2D eigenvalue weighted by molar-refractivity contribution is 6.04. The lowest BCUT2D eigenvalue weighted by molar-refractivity contribution is -0.120. The zero-order valence-corrected chi connectivity index (χ0v) is 14.8. The average molecular weight is 348 g/mol. The van der Waals surface area contributed by atoms with E-state index in [4.69, 9.17) is 0 Å². The fourth-order valence-electron chi connectivity index (χ4n) is 3.66.